The fourth-order valence-corrected chi connectivity index (χ4v) is 0.862. The molecule has 3 heteroatoms. The fourth-order valence-electron chi connectivity index (χ4n) is 0.862. The third kappa shape index (κ3) is 6.16. The minimum atomic E-state index is 0.133. The smallest absolute Gasteiger partial charge is 0.221 e. The second-order valence-electron chi connectivity index (χ2n) is 2.97. The molecule has 1 atom stereocenters. The molecular weight excluding hydrogens is 152 g/mol. The molecule has 0 rings (SSSR count). The maximum atomic E-state index is 11.0. The van der Waals surface area contributed by atoms with Gasteiger partial charge < -0.3 is 10.6 Å². The van der Waals surface area contributed by atoms with Gasteiger partial charge in [-0.25, -0.2) is 0 Å². The van der Waals surface area contributed by atoms with Crippen LogP contribution in [0.2, 0.25) is 0 Å². The van der Waals surface area contributed by atoms with Crippen molar-refractivity contribution in [1.82, 2.24) is 10.6 Å². The third-order valence-electron chi connectivity index (χ3n) is 1.83. The first kappa shape index (κ1) is 11.4. The van der Waals surface area contributed by atoms with Crippen LogP contribution in [0.3, 0.4) is 0 Å². The zero-order chi connectivity index (χ0) is 9.40. The first-order valence-corrected chi connectivity index (χ1v) is 4.70. The maximum absolute atomic E-state index is 11.0. The highest BCUT2D eigenvalue weighted by atomic mass is 16.1. The second kappa shape index (κ2) is 7.10. The molecule has 3 nitrogen and oxygen atoms in total. The van der Waals surface area contributed by atoms with Gasteiger partial charge in [0, 0.05) is 25.6 Å². The predicted molar refractivity (Wildman–Crippen MR) is 51.1 cm³/mol. The van der Waals surface area contributed by atoms with Crippen molar-refractivity contribution in [2.75, 3.05) is 13.1 Å². The van der Waals surface area contributed by atoms with Crippen molar-refractivity contribution in [1.29, 1.82) is 0 Å². The van der Waals surface area contributed by atoms with Crippen molar-refractivity contribution in [2.24, 2.45) is 0 Å². The summed E-state index contributed by atoms with van der Waals surface area (Å²) < 4.78 is 0. The molecule has 2 N–H and O–H groups in total. The number of amides is 1. The highest BCUT2D eigenvalue weighted by Gasteiger charge is 2.00. The SMILES string of the molecule is CCNC(=O)CCN[C@@H](C)CC. The quantitative estimate of drug-likeness (QED) is 0.625. The molecule has 0 aliphatic carbocycles. The Morgan fingerprint density at radius 3 is 2.58 bits per heavy atom. The molecule has 0 saturated heterocycles. The average molecular weight is 172 g/mol. The molecule has 0 aromatic rings. The van der Waals surface area contributed by atoms with Crippen LogP contribution in [0.4, 0.5) is 0 Å². The van der Waals surface area contributed by atoms with Gasteiger partial charge in [-0.15, -0.1) is 0 Å². The molecule has 12 heavy (non-hydrogen) atoms. The maximum Gasteiger partial charge on any atom is 0.221 e. The molecule has 0 aromatic heterocycles. The Hall–Kier alpha value is -0.570. The average Bonchev–Trinajstić information content (AvgIpc) is 2.04. The minimum absolute atomic E-state index is 0.133. The van der Waals surface area contributed by atoms with E-state index in [-0.39, 0.29) is 5.91 Å². The zero-order valence-electron chi connectivity index (χ0n) is 8.31. The van der Waals surface area contributed by atoms with Crippen molar-refractivity contribution in [3.05, 3.63) is 0 Å². The van der Waals surface area contributed by atoms with E-state index in [4.69, 9.17) is 0 Å². The monoisotopic (exact) mass is 172 g/mol. The van der Waals surface area contributed by atoms with Gasteiger partial charge in [-0.2, -0.15) is 0 Å². The summed E-state index contributed by atoms with van der Waals surface area (Å²) in [5, 5.41) is 6.02. The number of hydrogen-bond acceptors (Lipinski definition) is 2. The van der Waals surface area contributed by atoms with E-state index in [0.717, 1.165) is 19.5 Å². The zero-order valence-corrected chi connectivity index (χ0v) is 8.31. The van der Waals surface area contributed by atoms with E-state index in [1.165, 1.54) is 0 Å². The van der Waals surface area contributed by atoms with Crippen LogP contribution < -0.4 is 10.6 Å². The van der Waals surface area contributed by atoms with Gasteiger partial charge >= 0.3 is 0 Å². The van der Waals surface area contributed by atoms with Crippen molar-refractivity contribution in [3.8, 4) is 0 Å². The van der Waals surface area contributed by atoms with Gasteiger partial charge in [0.1, 0.15) is 0 Å². The molecule has 0 heterocycles. The number of carbonyl (C=O) groups is 1. The summed E-state index contributed by atoms with van der Waals surface area (Å²) in [5.74, 6) is 0.133. The van der Waals surface area contributed by atoms with Crippen molar-refractivity contribution in [3.63, 3.8) is 0 Å². The fraction of sp³-hybridized carbons (Fsp3) is 0.889. The highest BCUT2D eigenvalue weighted by Crippen LogP contribution is 1.87. The van der Waals surface area contributed by atoms with E-state index in [1.807, 2.05) is 6.92 Å². The number of carbonyl (C=O) groups excluding carboxylic acids is 1. The van der Waals surface area contributed by atoms with Crippen molar-refractivity contribution < 1.29 is 4.79 Å². The number of hydrogen-bond donors (Lipinski definition) is 2. The van der Waals surface area contributed by atoms with Gasteiger partial charge in [-0.05, 0) is 20.3 Å². The van der Waals surface area contributed by atoms with Crippen LogP contribution in [0.1, 0.15) is 33.6 Å². The lowest BCUT2D eigenvalue weighted by atomic mass is 10.2. The van der Waals surface area contributed by atoms with E-state index >= 15 is 0 Å². The van der Waals surface area contributed by atoms with Crippen LogP contribution in [-0.4, -0.2) is 25.0 Å². The summed E-state index contributed by atoms with van der Waals surface area (Å²) in [4.78, 5) is 11.0. The van der Waals surface area contributed by atoms with Crippen molar-refractivity contribution >= 4 is 5.91 Å². The predicted octanol–water partition coefficient (Wildman–Crippen LogP) is 0.901. The first-order chi connectivity index (χ1) is 5.70. The topological polar surface area (TPSA) is 41.1 Å². The van der Waals surface area contributed by atoms with Gasteiger partial charge in [0.15, 0.2) is 0 Å². The number of nitrogens with one attached hydrogen (secondary N) is 2. The van der Waals surface area contributed by atoms with Crippen molar-refractivity contribution in [2.45, 2.75) is 39.7 Å². The summed E-state index contributed by atoms with van der Waals surface area (Å²) >= 11 is 0. The Kier molecular flexibility index (Phi) is 6.76. The van der Waals surface area contributed by atoms with E-state index in [0.29, 0.717) is 12.5 Å². The largest absolute Gasteiger partial charge is 0.356 e. The van der Waals surface area contributed by atoms with E-state index < -0.39 is 0 Å². The van der Waals surface area contributed by atoms with Crippen LogP contribution >= 0.6 is 0 Å². The summed E-state index contributed by atoms with van der Waals surface area (Å²) in [6.45, 7) is 7.69. The molecule has 0 aliphatic heterocycles. The molecule has 72 valence electrons. The van der Waals surface area contributed by atoms with Gasteiger partial charge in [0.2, 0.25) is 5.91 Å². The Balaban J connectivity index is 3.24. The Labute approximate surface area is 74.9 Å². The molecule has 0 saturated carbocycles. The molecule has 0 aliphatic rings. The normalized spacial score (nSPS) is 12.6. The molecule has 0 fully saturated rings. The van der Waals surface area contributed by atoms with Crippen LogP contribution in [-0.2, 0) is 4.79 Å². The lowest BCUT2D eigenvalue weighted by molar-refractivity contribution is -0.120. The Bertz CT molecular complexity index is 126. The summed E-state index contributed by atoms with van der Waals surface area (Å²) in [6, 6.07) is 0.513. The summed E-state index contributed by atoms with van der Waals surface area (Å²) in [7, 11) is 0. The molecule has 0 spiro atoms. The van der Waals surface area contributed by atoms with Crippen LogP contribution in [0, 0.1) is 0 Å². The lowest BCUT2D eigenvalue weighted by Crippen LogP contribution is -2.31. The van der Waals surface area contributed by atoms with Gasteiger partial charge in [0.05, 0.1) is 0 Å². The highest BCUT2D eigenvalue weighted by molar-refractivity contribution is 5.75. The second-order valence-corrected chi connectivity index (χ2v) is 2.97. The molecule has 0 radical (unpaired) electrons. The van der Waals surface area contributed by atoms with Gasteiger partial charge in [-0.3, -0.25) is 4.79 Å². The van der Waals surface area contributed by atoms with E-state index in [9.17, 15) is 4.79 Å². The Morgan fingerprint density at radius 1 is 1.42 bits per heavy atom. The Morgan fingerprint density at radius 2 is 2.08 bits per heavy atom. The number of rotatable bonds is 6. The van der Waals surface area contributed by atoms with E-state index in [2.05, 4.69) is 24.5 Å². The molecule has 0 aromatic carbocycles. The van der Waals surface area contributed by atoms with Crippen LogP contribution in [0.15, 0.2) is 0 Å². The van der Waals surface area contributed by atoms with Gasteiger partial charge in [0.25, 0.3) is 0 Å². The summed E-state index contributed by atoms with van der Waals surface area (Å²) in [6.07, 6.45) is 1.69. The van der Waals surface area contributed by atoms with Gasteiger partial charge in [-0.1, -0.05) is 6.92 Å². The third-order valence-corrected chi connectivity index (χ3v) is 1.83. The van der Waals surface area contributed by atoms with Crippen LogP contribution in [0.25, 0.3) is 0 Å². The lowest BCUT2D eigenvalue weighted by Gasteiger charge is -2.10. The standard InChI is InChI=1S/C9H20N2O/c1-4-8(3)11-7-6-9(12)10-5-2/h8,11H,4-7H2,1-3H3,(H,10,12)/t8-/m0/s1. The molecule has 0 bridgehead atoms. The first-order valence-electron chi connectivity index (χ1n) is 4.70. The van der Waals surface area contributed by atoms with Crippen LogP contribution in [0.5, 0.6) is 0 Å². The minimum Gasteiger partial charge on any atom is -0.356 e. The molecular formula is C9H20N2O. The summed E-state index contributed by atoms with van der Waals surface area (Å²) in [5.41, 5.74) is 0. The molecule has 0 unspecified atom stereocenters. The van der Waals surface area contributed by atoms with E-state index in [1.54, 1.807) is 0 Å². The molecule has 1 amide bonds.